The fourth-order valence-corrected chi connectivity index (χ4v) is 3.14. The summed E-state index contributed by atoms with van der Waals surface area (Å²) >= 11 is 6.13. The minimum atomic E-state index is -0.357. The lowest BCUT2D eigenvalue weighted by molar-refractivity contribution is -0.127. The predicted octanol–water partition coefficient (Wildman–Crippen LogP) is 3.32. The zero-order valence-electron chi connectivity index (χ0n) is 12.2. The fourth-order valence-electron chi connectivity index (χ4n) is 2.91. The molecule has 5 heteroatoms. The Morgan fingerprint density at radius 2 is 2.38 bits per heavy atom. The highest BCUT2D eigenvalue weighted by Gasteiger charge is 2.38. The lowest BCUT2D eigenvalue weighted by Gasteiger charge is -2.36. The molecule has 1 atom stereocenters. The second kappa shape index (κ2) is 6.93. The molecule has 0 aliphatic carbocycles. The molecule has 112 valence electrons. The summed E-state index contributed by atoms with van der Waals surface area (Å²) in [4.78, 5) is 12.7. The third-order valence-corrected chi connectivity index (χ3v) is 4.34. The van der Waals surface area contributed by atoms with Crippen LogP contribution in [0.2, 0.25) is 5.02 Å². The summed E-state index contributed by atoms with van der Waals surface area (Å²) in [6.07, 6.45) is 3.73. The standard InChI is InChI=1S/C16H20ClN3O/c1-2-6-16(7-3-8-19-11-16)15(21)20-14-5-4-12(10-18)9-13(14)17/h4-5,9,19H,2-3,6-8,11H2,1H3,(H,20,21). The van der Waals surface area contributed by atoms with E-state index in [1.54, 1.807) is 18.2 Å². The van der Waals surface area contributed by atoms with E-state index in [0.717, 1.165) is 32.2 Å². The molecule has 1 fully saturated rings. The van der Waals surface area contributed by atoms with Crippen molar-refractivity contribution in [3.63, 3.8) is 0 Å². The number of piperidine rings is 1. The van der Waals surface area contributed by atoms with Gasteiger partial charge in [0.1, 0.15) is 0 Å². The fraction of sp³-hybridized carbons (Fsp3) is 0.500. The summed E-state index contributed by atoms with van der Waals surface area (Å²) in [5.74, 6) is 0.0168. The maximum atomic E-state index is 12.7. The lowest BCUT2D eigenvalue weighted by Crippen LogP contribution is -2.48. The molecule has 1 aliphatic heterocycles. The summed E-state index contributed by atoms with van der Waals surface area (Å²) in [5.41, 5.74) is 0.701. The van der Waals surface area contributed by atoms with Crippen LogP contribution in [0.4, 0.5) is 5.69 Å². The van der Waals surface area contributed by atoms with E-state index in [-0.39, 0.29) is 11.3 Å². The van der Waals surface area contributed by atoms with Gasteiger partial charge in [-0.1, -0.05) is 24.9 Å². The van der Waals surface area contributed by atoms with Crippen molar-refractivity contribution in [2.45, 2.75) is 32.6 Å². The second-order valence-corrected chi connectivity index (χ2v) is 5.98. The van der Waals surface area contributed by atoms with Crippen molar-refractivity contribution in [1.82, 2.24) is 5.32 Å². The van der Waals surface area contributed by atoms with E-state index in [1.165, 1.54) is 0 Å². The lowest BCUT2D eigenvalue weighted by atomic mass is 9.76. The number of nitriles is 1. The molecule has 2 N–H and O–H groups in total. The molecule has 1 unspecified atom stereocenters. The molecule has 0 aromatic heterocycles. The number of carbonyl (C=O) groups is 1. The third kappa shape index (κ3) is 3.55. The van der Waals surface area contributed by atoms with Crippen molar-refractivity contribution in [2.24, 2.45) is 5.41 Å². The number of nitrogens with one attached hydrogen (secondary N) is 2. The van der Waals surface area contributed by atoms with Crippen molar-refractivity contribution in [2.75, 3.05) is 18.4 Å². The summed E-state index contributed by atoms with van der Waals surface area (Å²) in [6.45, 7) is 3.77. The van der Waals surface area contributed by atoms with Crippen molar-refractivity contribution >= 4 is 23.2 Å². The number of nitrogens with zero attached hydrogens (tertiary/aromatic N) is 1. The molecule has 0 spiro atoms. The molecule has 1 saturated heterocycles. The first-order valence-corrected chi connectivity index (χ1v) is 7.71. The number of hydrogen-bond donors (Lipinski definition) is 2. The van der Waals surface area contributed by atoms with E-state index in [4.69, 9.17) is 16.9 Å². The number of hydrogen-bond acceptors (Lipinski definition) is 3. The first-order valence-electron chi connectivity index (χ1n) is 7.33. The van der Waals surface area contributed by atoms with Crippen LogP contribution in [-0.2, 0) is 4.79 Å². The Morgan fingerprint density at radius 3 is 2.95 bits per heavy atom. The monoisotopic (exact) mass is 305 g/mol. The summed E-state index contributed by atoms with van der Waals surface area (Å²) in [6, 6.07) is 6.95. The second-order valence-electron chi connectivity index (χ2n) is 5.57. The quantitative estimate of drug-likeness (QED) is 0.897. The Kier molecular flexibility index (Phi) is 5.22. The summed E-state index contributed by atoms with van der Waals surface area (Å²) < 4.78 is 0. The Balaban J connectivity index is 2.17. The van der Waals surface area contributed by atoms with Crippen LogP contribution in [0.15, 0.2) is 18.2 Å². The number of carbonyl (C=O) groups excluding carboxylic acids is 1. The zero-order chi connectivity index (χ0) is 15.3. The Morgan fingerprint density at radius 1 is 1.57 bits per heavy atom. The minimum absolute atomic E-state index is 0.0168. The van der Waals surface area contributed by atoms with E-state index in [9.17, 15) is 4.79 Å². The van der Waals surface area contributed by atoms with E-state index < -0.39 is 0 Å². The van der Waals surface area contributed by atoms with Gasteiger partial charge in [0.05, 0.1) is 27.8 Å². The molecule has 21 heavy (non-hydrogen) atoms. The van der Waals surface area contributed by atoms with Crippen LogP contribution in [0.25, 0.3) is 0 Å². The average molecular weight is 306 g/mol. The minimum Gasteiger partial charge on any atom is -0.324 e. The molecular weight excluding hydrogens is 286 g/mol. The van der Waals surface area contributed by atoms with Crippen molar-refractivity contribution < 1.29 is 4.79 Å². The van der Waals surface area contributed by atoms with Gasteiger partial charge in [-0.25, -0.2) is 0 Å². The van der Waals surface area contributed by atoms with Crippen LogP contribution in [-0.4, -0.2) is 19.0 Å². The van der Waals surface area contributed by atoms with Gasteiger partial charge in [-0.05, 0) is 44.0 Å². The molecule has 0 bridgehead atoms. The molecule has 0 radical (unpaired) electrons. The number of halogens is 1. The number of amides is 1. The third-order valence-electron chi connectivity index (χ3n) is 4.03. The highest BCUT2D eigenvalue weighted by atomic mass is 35.5. The molecule has 4 nitrogen and oxygen atoms in total. The van der Waals surface area contributed by atoms with Crippen molar-refractivity contribution in [1.29, 1.82) is 5.26 Å². The number of rotatable bonds is 4. The SMILES string of the molecule is CCCC1(C(=O)Nc2ccc(C#N)cc2Cl)CCCNC1. The first kappa shape index (κ1) is 15.8. The molecule has 1 aromatic carbocycles. The van der Waals surface area contributed by atoms with Crippen molar-refractivity contribution in [3.05, 3.63) is 28.8 Å². The van der Waals surface area contributed by atoms with Crippen LogP contribution in [0.5, 0.6) is 0 Å². The predicted molar refractivity (Wildman–Crippen MR) is 84.2 cm³/mol. The van der Waals surface area contributed by atoms with Crippen LogP contribution >= 0.6 is 11.6 Å². The molecule has 1 amide bonds. The Hall–Kier alpha value is -1.57. The number of benzene rings is 1. The normalized spacial score (nSPS) is 21.6. The van der Waals surface area contributed by atoms with Gasteiger partial charge < -0.3 is 10.6 Å². The van der Waals surface area contributed by atoms with E-state index >= 15 is 0 Å². The van der Waals surface area contributed by atoms with E-state index in [1.807, 2.05) is 6.07 Å². The molecule has 2 rings (SSSR count). The van der Waals surface area contributed by atoms with Gasteiger partial charge >= 0.3 is 0 Å². The Bertz CT molecular complexity index is 554. The van der Waals surface area contributed by atoms with Gasteiger partial charge in [0.25, 0.3) is 0 Å². The largest absolute Gasteiger partial charge is 0.324 e. The van der Waals surface area contributed by atoms with Gasteiger partial charge in [-0.15, -0.1) is 0 Å². The van der Waals surface area contributed by atoms with Gasteiger partial charge in [-0.2, -0.15) is 5.26 Å². The summed E-state index contributed by atoms with van der Waals surface area (Å²) in [5, 5.41) is 15.5. The van der Waals surface area contributed by atoms with Crippen LogP contribution in [0, 0.1) is 16.7 Å². The summed E-state index contributed by atoms with van der Waals surface area (Å²) in [7, 11) is 0. The molecule has 1 aromatic rings. The van der Waals surface area contributed by atoms with E-state index in [0.29, 0.717) is 22.8 Å². The highest BCUT2D eigenvalue weighted by molar-refractivity contribution is 6.33. The van der Waals surface area contributed by atoms with Crippen LogP contribution in [0.1, 0.15) is 38.2 Å². The average Bonchev–Trinajstić information content (AvgIpc) is 2.50. The maximum Gasteiger partial charge on any atom is 0.231 e. The molecular formula is C16H20ClN3O. The van der Waals surface area contributed by atoms with Gasteiger partial charge in [0, 0.05) is 6.54 Å². The van der Waals surface area contributed by atoms with Gasteiger partial charge in [0.2, 0.25) is 5.91 Å². The topological polar surface area (TPSA) is 64.9 Å². The van der Waals surface area contributed by atoms with E-state index in [2.05, 4.69) is 17.6 Å². The van der Waals surface area contributed by atoms with Gasteiger partial charge in [-0.3, -0.25) is 4.79 Å². The van der Waals surface area contributed by atoms with Crippen LogP contribution in [0.3, 0.4) is 0 Å². The smallest absolute Gasteiger partial charge is 0.231 e. The first-order chi connectivity index (χ1) is 10.1. The molecule has 1 aliphatic rings. The molecule has 1 heterocycles. The number of anilines is 1. The maximum absolute atomic E-state index is 12.7. The zero-order valence-corrected chi connectivity index (χ0v) is 13.0. The Labute approximate surface area is 130 Å². The highest BCUT2D eigenvalue weighted by Crippen LogP contribution is 2.34. The van der Waals surface area contributed by atoms with Gasteiger partial charge in [0.15, 0.2) is 0 Å². The van der Waals surface area contributed by atoms with Crippen molar-refractivity contribution in [3.8, 4) is 6.07 Å². The molecule has 0 saturated carbocycles. The van der Waals surface area contributed by atoms with Crippen LogP contribution < -0.4 is 10.6 Å².